The first-order valence-electron chi connectivity index (χ1n) is 18.5. The maximum Gasteiger partial charge on any atom is 0.303 e. The van der Waals surface area contributed by atoms with E-state index in [1.165, 1.54) is 50.0 Å². The molecular weight excluding hydrogens is 661 g/mol. The van der Waals surface area contributed by atoms with E-state index in [4.69, 9.17) is 4.74 Å². The highest BCUT2D eigenvalue weighted by molar-refractivity contribution is 7.87. The zero-order chi connectivity index (χ0) is 35.7. The lowest BCUT2D eigenvalue weighted by molar-refractivity contribution is -0.138. The van der Waals surface area contributed by atoms with Crippen LogP contribution >= 0.6 is 0 Å². The Kier molecular flexibility index (Phi) is 8.53. The molecule has 2 amide bonds. The second-order valence-corrected chi connectivity index (χ2v) is 17.4. The Morgan fingerprint density at radius 3 is 2.39 bits per heavy atom. The molecule has 1 N–H and O–H groups in total. The summed E-state index contributed by atoms with van der Waals surface area (Å²) in [6.45, 7) is 4.10. The van der Waals surface area contributed by atoms with Crippen LogP contribution in [0.25, 0.3) is 22.2 Å². The second-order valence-electron chi connectivity index (χ2n) is 15.5. The van der Waals surface area contributed by atoms with Gasteiger partial charge >= 0.3 is 10.2 Å². The third kappa shape index (κ3) is 5.84. The van der Waals surface area contributed by atoms with Crippen molar-refractivity contribution in [1.29, 1.82) is 0 Å². The number of carbonyl (C=O) groups is 2. The number of nitrogens with one attached hydrogen (secondary N) is 1. The number of fused-ring (bicyclic) bond motifs is 7. The van der Waals surface area contributed by atoms with Crippen LogP contribution in [-0.4, -0.2) is 68.3 Å². The lowest BCUT2D eigenvalue weighted by atomic mass is 9.81. The molecule has 0 bridgehead atoms. The van der Waals surface area contributed by atoms with Gasteiger partial charge in [-0.3, -0.25) is 9.59 Å². The van der Waals surface area contributed by atoms with Crippen LogP contribution in [-0.2, 0) is 21.5 Å². The van der Waals surface area contributed by atoms with Crippen LogP contribution in [0.1, 0.15) is 102 Å². The molecule has 3 fully saturated rings. The number of benzene rings is 3. The molecule has 1 aromatic heterocycles. The molecular formula is C41H48N4O5S. The molecule has 8 rings (SSSR count). The van der Waals surface area contributed by atoms with Gasteiger partial charge in [-0.1, -0.05) is 55.2 Å². The number of hydrogen-bond donors (Lipinski definition) is 1. The molecule has 2 saturated carbocycles. The number of nitrogens with zero attached hydrogens (tertiary/aromatic N) is 3. The van der Waals surface area contributed by atoms with E-state index in [0.717, 1.165) is 83.0 Å². The van der Waals surface area contributed by atoms with Gasteiger partial charge in [0.25, 0.3) is 5.91 Å². The predicted molar refractivity (Wildman–Crippen MR) is 199 cm³/mol. The first kappa shape index (κ1) is 34.0. The smallest absolute Gasteiger partial charge is 0.303 e. The Bertz CT molecular complexity index is 2140. The van der Waals surface area contributed by atoms with Crippen LogP contribution in [0, 0.1) is 12.3 Å². The number of methoxy groups -OCH3 is 1. The standard InChI is InChI=1S/C41H48N4O5S/c1-26-9-8-12-29(21-26)27-17-19-44(20-18-27)40(47)41-24-35(41)34-23-31(50-4)14-16-32(34)38-37(28-10-6-5-7-11-28)33-15-13-30(22-36(33)45(38)25-41)39(46)42-51(48,49)43(2)3/h8-9,12-16,21-23,27-28,35H,5-7,10-11,17-20,24-25H2,1-4H3,(H,42,46). The lowest BCUT2D eigenvalue weighted by Crippen LogP contribution is -2.44. The summed E-state index contributed by atoms with van der Waals surface area (Å²) in [5.74, 6) is 1.17. The van der Waals surface area contributed by atoms with E-state index >= 15 is 0 Å². The third-order valence-electron chi connectivity index (χ3n) is 12.2. The normalized spacial score (nSPS) is 22.2. The summed E-state index contributed by atoms with van der Waals surface area (Å²) in [5, 5.41) is 1.08. The Balaban J connectivity index is 1.23. The monoisotopic (exact) mass is 708 g/mol. The SMILES string of the molecule is COc1ccc2c(c1)C1CC1(C(=O)N1CCC(c3cccc(C)c3)CC1)Cn1c-2c(C2CCCCC2)c2ccc(C(=O)NS(=O)(=O)N(C)C)cc21. The molecule has 10 heteroatoms. The molecule has 51 heavy (non-hydrogen) atoms. The fourth-order valence-electron chi connectivity index (χ4n) is 9.34. The van der Waals surface area contributed by atoms with Gasteiger partial charge < -0.3 is 14.2 Å². The highest BCUT2D eigenvalue weighted by Crippen LogP contribution is 2.66. The minimum Gasteiger partial charge on any atom is -0.497 e. The number of piperidine rings is 1. The van der Waals surface area contributed by atoms with Crippen LogP contribution in [0.3, 0.4) is 0 Å². The topological polar surface area (TPSA) is 101 Å². The van der Waals surface area contributed by atoms with E-state index in [0.29, 0.717) is 18.4 Å². The van der Waals surface area contributed by atoms with Crippen molar-refractivity contribution in [3.05, 3.63) is 88.5 Å². The average Bonchev–Trinajstić information content (AvgIpc) is 3.81. The lowest BCUT2D eigenvalue weighted by Gasteiger charge is -2.35. The zero-order valence-electron chi connectivity index (χ0n) is 30.1. The van der Waals surface area contributed by atoms with Crippen LogP contribution in [0.15, 0.2) is 60.7 Å². The fourth-order valence-corrected chi connectivity index (χ4v) is 9.88. The molecule has 3 aromatic carbocycles. The van der Waals surface area contributed by atoms with Crippen molar-refractivity contribution in [2.24, 2.45) is 5.41 Å². The zero-order valence-corrected chi connectivity index (χ0v) is 30.9. The molecule has 268 valence electrons. The second kappa shape index (κ2) is 12.8. The summed E-state index contributed by atoms with van der Waals surface area (Å²) < 4.78 is 36.5. The molecule has 0 radical (unpaired) electrons. The van der Waals surface area contributed by atoms with Crippen molar-refractivity contribution in [2.45, 2.75) is 82.6 Å². The van der Waals surface area contributed by atoms with Gasteiger partial charge in [0.1, 0.15) is 5.75 Å². The van der Waals surface area contributed by atoms with Gasteiger partial charge in [0.15, 0.2) is 0 Å². The number of hydrogen-bond acceptors (Lipinski definition) is 5. The van der Waals surface area contributed by atoms with Gasteiger partial charge in [-0.15, -0.1) is 0 Å². The van der Waals surface area contributed by atoms with Crippen molar-refractivity contribution in [3.63, 3.8) is 0 Å². The number of aryl methyl sites for hydroxylation is 1. The first-order chi connectivity index (χ1) is 24.5. The summed E-state index contributed by atoms with van der Waals surface area (Å²) in [6, 6.07) is 20.6. The van der Waals surface area contributed by atoms with E-state index in [2.05, 4.69) is 57.5 Å². The first-order valence-corrected chi connectivity index (χ1v) is 19.9. The van der Waals surface area contributed by atoms with E-state index in [9.17, 15) is 18.0 Å². The Morgan fingerprint density at radius 2 is 1.69 bits per heavy atom. The number of rotatable bonds is 7. The summed E-state index contributed by atoms with van der Waals surface area (Å²) in [5.41, 5.74) is 7.85. The molecule has 2 atom stereocenters. The van der Waals surface area contributed by atoms with Gasteiger partial charge in [0.2, 0.25) is 5.91 Å². The average molecular weight is 709 g/mol. The van der Waals surface area contributed by atoms with Gasteiger partial charge in [-0.05, 0) is 97.9 Å². The van der Waals surface area contributed by atoms with Gasteiger partial charge in [0.05, 0.1) is 18.2 Å². The van der Waals surface area contributed by atoms with E-state index in [1.54, 1.807) is 13.2 Å². The number of likely N-dealkylation sites (tertiary alicyclic amines) is 1. The highest BCUT2D eigenvalue weighted by Gasteiger charge is 2.64. The minimum absolute atomic E-state index is 0.0514. The largest absolute Gasteiger partial charge is 0.497 e. The highest BCUT2D eigenvalue weighted by atomic mass is 32.2. The Hall–Kier alpha value is -4.15. The number of carbonyl (C=O) groups excluding carboxylic acids is 2. The molecule has 2 aliphatic carbocycles. The van der Waals surface area contributed by atoms with Crippen molar-refractivity contribution in [1.82, 2.24) is 18.5 Å². The summed E-state index contributed by atoms with van der Waals surface area (Å²) >= 11 is 0. The van der Waals surface area contributed by atoms with Crippen molar-refractivity contribution < 1.29 is 22.7 Å². The summed E-state index contributed by atoms with van der Waals surface area (Å²) in [4.78, 5) is 30.5. The van der Waals surface area contributed by atoms with Gasteiger partial charge in [-0.2, -0.15) is 12.7 Å². The third-order valence-corrected chi connectivity index (χ3v) is 13.6. The maximum absolute atomic E-state index is 14.9. The van der Waals surface area contributed by atoms with Crippen LogP contribution in [0.5, 0.6) is 5.75 Å². The molecule has 4 aliphatic rings. The molecule has 1 saturated heterocycles. The van der Waals surface area contributed by atoms with E-state index < -0.39 is 21.5 Å². The van der Waals surface area contributed by atoms with Crippen molar-refractivity contribution in [3.8, 4) is 17.0 Å². The molecule has 2 unspecified atom stereocenters. The fraction of sp³-hybridized carbons (Fsp3) is 0.463. The molecule has 4 aromatic rings. The van der Waals surface area contributed by atoms with Crippen LogP contribution in [0.2, 0.25) is 0 Å². The molecule has 0 spiro atoms. The van der Waals surface area contributed by atoms with E-state index in [-0.39, 0.29) is 17.4 Å². The predicted octanol–water partition coefficient (Wildman–Crippen LogP) is 7.10. The minimum atomic E-state index is -3.98. The molecule has 3 heterocycles. The number of ether oxygens (including phenoxy) is 1. The summed E-state index contributed by atoms with van der Waals surface area (Å²) in [7, 11) is 0.497. The van der Waals surface area contributed by atoms with Crippen molar-refractivity contribution >= 4 is 32.9 Å². The van der Waals surface area contributed by atoms with Gasteiger partial charge in [0, 0.05) is 61.7 Å². The van der Waals surface area contributed by atoms with Crippen molar-refractivity contribution in [2.75, 3.05) is 34.3 Å². The Morgan fingerprint density at radius 1 is 0.922 bits per heavy atom. The van der Waals surface area contributed by atoms with Crippen LogP contribution < -0.4 is 9.46 Å². The van der Waals surface area contributed by atoms with E-state index in [1.807, 2.05) is 18.2 Å². The Labute approximate surface area is 301 Å². The van der Waals surface area contributed by atoms with Gasteiger partial charge in [-0.25, -0.2) is 4.72 Å². The maximum atomic E-state index is 14.9. The molecule has 9 nitrogen and oxygen atoms in total. The molecule has 2 aliphatic heterocycles. The number of amides is 2. The summed E-state index contributed by atoms with van der Waals surface area (Å²) in [6.07, 6.45) is 8.37. The quantitative estimate of drug-likeness (QED) is 0.221. The van der Waals surface area contributed by atoms with Crippen LogP contribution in [0.4, 0.5) is 0 Å². The number of aromatic nitrogens is 1.